The monoisotopic (exact) mass is 222 g/mol. The average molecular weight is 222 g/mol. The van der Waals surface area contributed by atoms with Crippen molar-refractivity contribution in [1.29, 1.82) is 0 Å². The SMILES string of the molecule is CC(N)(N)O.O=C(O)CCCCC(=O)O. The molecule has 90 valence electrons. The van der Waals surface area contributed by atoms with Crippen LogP contribution in [-0.2, 0) is 9.59 Å². The second kappa shape index (κ2) is 8.16. The first-order chi connectivity index (χ1) is 6.63. The van der Waals surface area contributed by atoms with Gasteiger partial charge in [-0.05, 0) is 19.8 Å². The molecule has 0 atom stereocenters. The second-order valence-electron chi connectivity index (χ2n) is 3.22. The minimum atomic E-state index is -1.50. The van der Waals surface area contributed by atoms with Gasteiger partial charge in [0.05, 0.1) is 0 Å². The maximum Gasteiger partial charge on any atom is 0.303 e. The van der Waals surface area contributed by atoms with Crippen molar-refractivity contribution in [3.63, 3.8) is 0 Å². The molecule has 7 nitrogen and oxygen atoms in total. The molecule has 0 unspecified atom stereocenters. The fraction of sp³-hybridized carbons (Fsp3) is 0.750. The van der Waals surface area contributed by atoms with Crippen LogP contribution in [0.1, 0.15) is 32.6 Å². The molecule has 0 radical (unpaired) electrons. The van der Waals surface area contributed by atoms with Crippen LogP contribution in [0.25, 0.3) is 0 Å². The van der Waals surface area contributed by atoms with Gasteiger partial charge < -0.3 is 15.3 Å². The Kier molecular flexibility index (Phi) is 8.84. The molecule has 0 aliphatic carbocycles. The smallest absolute Gasteiger partial charge is 0.303 e. The fourth-order valence-electron chi connectivity index (χ4n) is 0.552. The summed E-state index contributed by atoms with van der Waals surface area (Å²) in [6.45, 7) is 1.30. The molecule has 0 amide bonds. The average Bonchev–Trinajstić information content (AvgIpc) is 1.94. The summed E-state index contributed by atoms with van der Waals surface area (Å²) in [6, 6.07) is 0. The van der Waals surface area contributed by atoms with E-state index in [4.69, 9.17) is 15.3 Å². The Balaban J connectivity index is 0. The van der Waals surface area contributed by atoms with Crippen molar-refractivity contribution in [3.8, 4) is 0 Å². The van der Waals surface area contributed by atoms with Crippen molar-refractivity contribution in [2.45, 2.75) is 38.5 Å². The standard InChI is InChI=1S/C6H10O4.C2H8N2O/c7-5(8)3-1-2-4-6(9)10;1-2(3,4)5/h1-4H2,(H,7,8)(H,9,10);5H,3-4H2,1H3. The summed E-state index contributed by atoms with van der Waals surface area (Å²) in [7, 11) is 0. The van der Waals surface area contributed by atoms with Gasteiger partial charge in [0.25, 0.3) is 0 Å². The molecule has 0 bridgehead atoms. The third-order valence-corrected chi connectivity index (χ3v) is 1.03. The Morgan fingerprint density at radius 3 is 1.40 bits per heavy atom. The molecule has 0 aliphatic heterocycles. The molecule has 0 aromatic rings. The highest BCUT2D eigenvalue weighted by molar-refractivity contribution is 5.67. The Labute approximate surface area is 87.7 Å². The maximum absolute atomic E-state index is 9.90. The molecular formula is C8H18N2O5. The number of carboxylic acids is 2. The number of aliphatic carboxylic acids is 2. The molecule has 0 aliphatic rings. The predicted octanol–water partition coefficient (Wildman–Crippen LogP) is -0.714. The molecule has 0 aromatic carbocycles. The molecule has 0 spiro atoms. The first kappa shape index (κ1) is 16.3. The van der Waals surface area contributed by atoms with Crippen molar-refractivity contribution in [2.75, 3.05) is 0 Å². The van der Waals surface area contributed by atoms with Gasteiger partial charge >= 0.3 is 11.9 Å². The van der Waals surface area contributed by atoms with E-state index in [1.807, 2.05) is 0 Å². The summed E-state index contributed by atoms with van der Waals surface area (Å²) >= 11 is 0. The summed E-state index contributed by atoms with van der Waals surface area (Å²) in [6.07, 6.45) is 1.02. The normalized spacial score (nSPS) is 10.1. The molecule has 7 N–H and O–H groups in total. The fourth-order valence-corrected chi connectivity index (χ4v) is 0.552. The van der Waals surface area contributed by atoms with Gasteiger partial charge in [0, 0.05) is 12.8 Å². The topological polar surface area (TPSA) is 147 Å². The van der Waals surface area contributed by atoms with E-state index in [-0.39, 0.29) is 12.8 Å². The van der Waals surface area contributed by atoms with Crippen LogP contribution < -0.4 is 11.5 Å². The van der Waals surface area contributed by atoms with Gasteiger partial charge in [0.2, 0.25) is 0 Å². The van der Waals surface area contributed by atoms with Crippen LogP contribution in [0.2, 0.25) is 0 Å². The maximum atomic E-state index is 9.90. The van der Waals surface area contributed by atoms with E-state index >= 15 is 0 Å². The van der Waals surface area contributed by atoms with E-state index in [0.717, 1.165) is 0 Å². The van der Waals surface area contributed by atoms with Crippen molar-refractivity contribution < 1.29 is 24.9 Å². The quantitative estimate of drug-likeness (QED) is 0.305. The van der Waals surface area contributed by atoms with Crippen LogP contribution in [0.5, 0.6) is 0 Å². The van der Waals surface area contributed by atoms with Crippen LogP contribution >= 0.6 is 0 Å². The molecule has 0 rings (SSSR count). The zero-order valence-electron chi connectivity index (χ0n) is 8.64. The van der Waals surface area contributed by atoms with Gasteiger partial charge in [0.1, 0.15) is 0 Å². The third-order valence-electron chi connectivity index (χ3n) is 1.03. The van der Waals surface area contributed by atoms with Gasteiger partial charge in [-0.1, -0.05) is 0 Å². The number of rotatable bonds is 5. The lowest BCUT2D eigenvalue weighted by Gasteiger charge is -2.05. The number of carbonyl (C=O) groups is 2. The minimum Gasteiger partial charge on any atom is -0.481 e. The number of nitrogens with two attached hydrogens (primary N) is 2. The van der Waals surface area contributed by atoms with Gasteiger partial charge in [-0.2, -0.15) is 0 Å². The molecule has 0 saturated heterocycles. The molecule has 0 aromatic heterocycles. The molecule has 7 heteroatoms. The molecular weight excluding hydrogens is 204 g/mol. The Bertz CT molecular complexity index is 178. The lowest BCUT2D eigenvalue weighted by atomic mass is 10.2. The van der Waals surface area contributed by atoms with Crippen LogP contribution in [0, 0.1) is 0 Å². The van der Waals surface area contributed by atoms with Crippen molar-refractivity contribution in [1.82, 2.24) is 0 Å². The zero-order valence-corrected chi connectivity index (χ0v) is 8.64. The summed E-state index contributed by atoms with van der Waals surface area (Å²) in [5, 5.41) is 24.3. The Morgan fingerprint density at radius 2 is 1.27 bits per heavy atom. The third kappa shape index (κ3) is 44.3. The second-order valence-corrected chi connectivity index (χ2v) is 3.22. The van der Waals surface area contributed by atoms with Gasteiger partial charge in [-0.25, -0.2) is 0 Å². The number of hydrogen-bond donors (Lipinski definition) is 5. The highest BCUT2D eigenvalue weighted by Crippen LogP contribution is 1.98. The Hall–Kier alpha value is -1.18. The van der Waals surface area contributed by atoms with Crippen molar-refractivity contribution in [3.05, 3.63) is 0 Å². The highest BCUT2D eigenvalue weighted by atomic mass is 16.4. The summed E-state index contributed by atoms with van der Waals surface area (Å²) in [5.41, 5.74) is 9.38. The van der Waals surface area contributed by atoms with Crippen LogP contribution in [0.3, 0.4) is 0 Å². The van der Waals surface area contributed by atoms with Crippen LogP contribution in [0.4, 0.5) is 0 Å². The van der Waals surface area contributed by atoms with E-state index in [1.165, 1.54) is 6.92 Å². The van der Waals surface area contributed by atoms with Crippen LogP contribution in [-0.4, -0.2) is 33.1 Å². The van der Waals surface area contributed by atoms with E-state index in [1.54, 1.807) is 0 Å². The first-order valence-electron chi connectivity index (χ1n) is 4.36. The zero-order chi connectivity index (χ0) is 12.5. The summed E-state index contributed by atoms with van der Waals surface area (Å²) < 4.78 is 0. The first-order valence-corrected chi connectivity index (χ1v) is 4.36. The van der Waals surface area contributed by atoms with Gasteiger partial charge in [0.15, 0.2) is 5.85 Å². The molecule has 0 heterocycles. The van der Waals surface area contributed by atoms with Crippen molar-refractivity contribution in [2.24, 2.45) is 11.5 Å². The number of aliphatic hydroxyl groups is 1. The number of hydrogen-bond acceptors (Lipinski definition) is 5. The Morgan fingerprint density at radius 1 is 1.07 bits per heavy atom. The van der Waals surface area contributed by atoms with E-state index in [0.29, 0.717) is 12.8 Å². The lowest BCUT2D eigenvalue weighted by Crippen LogP contribution is -2.45. The largest absolute Gasteiger partial charge is 0.481 e. The highest BCUT2D eigenvalue weighted by Gasteiger charge is 1.99. The van der Waals surface area contributed by atoms with E-state index in [9.17, 15) is 9.59 Å². The van der Waals surface area contributed by atoms with Crippen LogP contribution in [0.15, 0.2) is 0 Å². The predicted molar refractivity (Wildman–Crippen MR) is 52.7 cm³/mol. The van der Waals surface area contributed by atoms with E-state index < -0.39 is 17.8 Å². The minimum absolute atomic E-state index is 0.0628. The summed E-state index contributed by atoms with van der Waals surface area (Å²) in [5.74, 6) is -3.24. The van der Waals surface area contributed by atoms with Crippen molar-refractivity contribution >= 4 is 11.9 Å². The lowest BCUT2D eigenvalue weighted by molar-refractivity contribution is -0.139. The van der Waals surface area contributed by atoms with E-state index in [2.05, 4.69) is 11.5 Å². The number of carboxylic acid groups (broad SMARTS) is 2. The molecule has 15 heavy (non-hydrogen) atoms. The summed E-state index contributed by atoms with van der Waals surface area (Å²) in [4.78, 5) is 19.8. The van der Waals surface area contributed by atoms with Gasteiger partial charge in [-0.3, -0.25) is 21.1 Å². The number of unbranched alkanes of at least 4 members (excludes halogenated alkanes) is 1. The molecule has 0 saturated carbocycles. The van der Waals surface area contributed by atoms with Gasteiger partial charge in [-0.15, -0.1) is 0 Å². The molecule has 0 fully saturated rings.